The molecule has 2 rings (SSSR count). The van der Waals surface area contributed by atoms with Gasteiger partial charge in [0.05, 0.1) is 5.56 Å². The molecule has 0 aliphatic heterocycles. The van der Waals surface area contributed by atoms with Crippen molar-refractivity contribution in [1.29, 1.82) is 0 Å². The lowest BCUT2D eigenvalue weighted by molar-refractivity contribution is 0.0477. The first-order valence-corrected chi connectivity index (χ1v) is 5.85. The van der Waals surface area contributed by atoms with Gasteiger partial charge in [-0.2, -0.15) is 0 Å². The van der Waals surface area contributed by atoms with Crippen molar-refractivity contribution in [2.24, 2.45) is 0 Å². The van der Waals surface area contributed by atoms with Crippen LogP contribution in [0.15, 0.2) is 42.5 Å². The molecule has 2 nitrogen and oxygen atoms in total. The molecule has 0 aliphatic carbocycles. The molecule has 2 aromatic rings. The molecule has 0 fully saturated rings. The lowest BCUT2D eigenvalue weighted by Gasteiger charge is -2.02. The Morgan fingerprint density at radius 2 is 1.94 bits per heavy atom. The molecule has 1 aromatic carbocycles. The van der Waals surface area contributed by atoms with E-state index in [1.807, 2.05) is 37.3 Å². The lowest BCUT2D eigenvalue weighted by atomic mass is 10.2. The van der Waals surface area contributed by atoms with Crippen LogP contribution in [-0.4, -0.2) is 5.97 Å². The monoisotopic (exact) mass is 232 g/mol. The summed E-state index contributed by atoms with van der Waals surface area (Å²) in [5, 5.41) is 0. The second-order valence-electron chi connectivity index (χ2n) is 3.45. The summed E-state index contributed by atoms with van der Waals surface area (Å²) in [7, 11) is 0. The molecule has 0 amide bonds. The number of hydrogen-bond donors (Lipinski definition) is 0. The number of esters is 1. The van der Waals surface area contributed by atoms with E-state index in [2.05, 4.69) is 0 Å². The van der Waals surface area contributed by atoms with Crippen LogP contribution < -0.4 is 0 Å². The van der Waals surface area contributed by atoms with Crippen LogP contribution >= 0.6 is 11.3 Å². The first kappa shape index (κ1) is 10.9. The predicted molar refractivity (Wildman–Crippen MR) is 64.6 cm³/mol. The average Bonchev–Trinajstić information content (AvgIpc) is 2.73. The van der Waals surface area contributed by atoms with Gasteiger partial charge in [-0.05, 0) is 31.2 Å². The van der Waals surface area contributed by atoms with Crippen LogP contribution in [0.4, 0.5) is 0 Å². The largest absolute Gasteiger partial charge is 0.456 e. The fourth-order valence-electron chi connectivity index (χ4n) is 1.36. The van der Waals surface area contributed by atoms with E-state index < -0.39 is 0 Å². The van der Waals surface area contributed by atoms with Gasteiger partial charge in [-0.15, -0.1) is 11.3 Å². The fourth-order valence-corrected chi connectivity index (χ4v) is 2.16. The number of rotatable bonds is 3. The lowest BCUT2D eigenvalue weighted by Crippen LogP contribution is -2.03. The highest BCUT2D eigenvalue weighted by Gasteiger charge is 2.06. The van der Waals surface area contributed by atoms with Crippen molar-refractivity contribution in [1.82, 2.24) is 0 Å². The number of benzene rings is 1. The minimum Gasteiger partial charge on any atom is -0.456 e. The summed E-state index contributed by atoms with van der Waals surface area (Å²) in [6, 6.07) is 13.0. The molecule has 0 atom stereocenters. The van der Waals surface area contributed by atoms with E-state index in [4.69, 9.17) is 4.74 Å². The van der Waals surface area contributed by atoms with Gasteiger partial charge in [0.2, 0.25) is 0 Å². The maximum absolute atomic E-state index is 11.6. The van der Waals surface area contributed by atoms with Gasteiger partial charge in [-0.25, -0.2) is 4.79 Å². The summed E-state index contributed by atoms with van der Waals surface area (Å²) in [5.41, 5.74) is 0.593. The zero-order valence-corrected chi connectivity index (χ0v) is 9.79. The summed E-state index contributed by atoms with van der Waals surface area (Å²) in [5.74, 6) is -0.272. The number of thiophene rings is 1. The third-order valence-corrected chi connectivity index (χ3v) is 3.13. The Morgan fingerprint density at radius 3 is 2.56 bits per heavy atom. The minimum absolute atomic E-state index is 0.272. The third-order valence-electron chi connectivity index (χ3n) is 2.15. The smallest absolute Gasteiger partial charge is 0.338 e. The van der Waals surface area contributed by atoms with Gasteiger partial charge in [-0.3, -0.25) is 0 Å². The molecule has 3 heteroatoms. The van der Waals surface area contributed by atoms with Gasteiger partial charge in [0.1, 0.15) is 6.61 Å². The van der Waals surface area contributed by atoms with Crippen molar-refractivity contribution in [3.05, 3.63) is 57.8 Å². The van der Waals surface area contributed by atoms with Gasteiger partial charge in [-0.1, -0.05) is 18.2 Å². The maximum atomic E-state index is 11.6. The van der Waals surface area contributed by atoms with Crippen LogP contribution in [0.3, 0.4) is 0 Å². The van der Waals surface area contributed by atoms with Crippen molar-refractivity contribution in [3.8, 4) is 0 Å². The Kier molecular flexibility index (Phi) is 3.37. The highest BCUT2D eigenvalue weighted by atomic mass is 32.1. The Hall–Kier alpha value is -1.61. The predicted octanol–water partition coefficient (Wildman–Crippen LogP) is 3.41. The van der Waals surface area contributed by atoms with E-state index in [0.717, 1.165) is 4.88 Å². The molecule has 0 bridgehead atoms. The van der Waals surface area contributed by atoms with E-state index in [1.54, 1.807) is 23.5 Å². The van der Waals surface area contributed by atoms with Crippen LogP contribution in [0.2, 0.25) is 0 Å². The van der Waals surface area contributed by atoms with Gasteiger partial charge in [0.25, 0.3) is 0 Å². The Bertz CT molecular complexity index is 474. The molecule has 0 saturated carbocycles. The Morgan fingerprint density at radius 1 is 1.19 bits per heavy atom. The topological polar surface area (TPSA) is 26.3 Å². The number of ether oxygens (including phenoxy) is 1. The van der Waals surface area contributed by atoms with Crippen LogP contribution in [-0.2, 0) is 11.3 Å². The number of aryl methyl sites for hydroxylation is 1. The highest BCUT2D eigenvalue weighted by Crippen LogP contribution is 2.16. The molecule has 0 unspecified atom stereocenters. The summed E-state index contributed by atoms with van der Waals surface area (Å²) in [6.45, 7) is 2.39. The van der Waals surface area contributed by atoms with Crippen molar-refractivity contribution in [2.75, 3.05) is 0 Å². The molecule has 16 heavy (non-hydrogen) atoms. The van der Waals surface area contributed by atoms with E-state index in [1.165, 1.54) is 4.88 Å². The summed E-state index contributed by atoms with van der Waals surface area (Å²) in [4.78, 5) is 13.9. The van der Waals surface area contributed by atoms with E-state index in [-0.39, 0.29) is 5.97 Å². The van der Waals surface area contributed by atoms with Crippen LogP contribution in [0.1, 0.15) is 20.1 Å². The Balaban J connectivity index is 1.94. The zero-order chi connectivity index (χ0) is 11.4. The summed E-state index contributed by atoms with van der Waals surface area (Å²) >= 11 is 1.65. The molecule has 1 heterocycles. The van der Waals surface area contributed by atoms with Crippen LogP contribution in [0.5, 0.6) is 0 Å². The average molecular weight is 232 g/mol. The van der Waals surface area contributed by atoms with Crippen LogP contribution in [0.25, 0.3) is 0 Å². The molecular formula is C13H12O2S. The van der Waals surface area contributed by atoms with E-state index >= 15 is 0 Å². The number of carbonyl (C=O) groups excluding carboxylic acids is 1. The normalized spacial score (nSPS) is 10.1. The van der Waals surface area contributed by atoms with Gasteiger partial charge in [0.15, 0.2) is 0 Å². The standard InChI is InChI=1S/C13H12O2S/c1-10-7-8-12(16-10)9-15-13(14)11-5-3-2-4-6-11/h2-8H,9H2,1H3. The molecule has 0 N–H and O–H groups in total. The molecule has 0 spiro atoms. The summed E-state index contributed by atoms with van der Waals surface area (Å²) < 4.78 is 5.20. The molecular weight excluding hydrogens is 220 g/mol. The van der Waals surface area contributed by atoms with E-state index in [0.29, 0.717) is 12.2 Å². The third kappa shape index (κ3) is 2.70. The molecule has 1 aromatic heterocycles. The minimum atomic E-state index is -0.272. The summed E-state index contributed by atoms with van der Waals surface area (Å²) in [6.07, 6.45) is 0. The molecule has 82 valence electrons. The number of carbonyl (C=O) groups is 1. The zero-order valence-electron chi connectivity index (χ0n) is 8.97. The second kappa shape index (κ2) is 4.94. The fraction of sp³-hybridized carbons (Fsp3) is 0.154. The van der Waals surface area contributed by atoms with Crippen LogP contribution in [0, 0.1) is 6.92 Å². The number of hydrogen-bond acceptors (Lipinski definition) is 3. The van der Waals surface area contributed by atoms with Crippen molar-refractivity contribution in [3.63, 3.8) is 0 Å². The van der Waals surface area contributed by atoms with Crippen molar-refractivity contribution in [2.45, 2.75) is 13.5 Å². The van der Waals surface area contributed by atoms with Gasteiger partial charge < -0.3 is 4.74 Å². The Labute approximate surface area is 98.5 Å². The molecule has 0 radical (unpaired) electrons. The first-order chi connectivity index (χ1) is 7.75. The SMILES string of the molecule is Cc1ccc(COC(=O)c2ccccc2)s1. The highest BCUT2D eigenvalue weighted by molar-refractivity contribution is 7.11. The second-order valence-corrected chi connectivity index (χ2v) is 4.83. The molecule has 0 aliphatic rings. The first-order valence-electron chi connectivity index (χ1n) is 5.03. The van der Waals surface area contributed by atoms with Gasteiger partial charge >= 0.3 is 5.97 Å². The maximum Gasteiger partial charge on any atom is 0.338 e. The van der Waals surface area contributed by atoms with E-state index in [9.17, 15) is 4.79 Å². The quantitative estimate of drug-likeness (QED) is 0.758. The molecule has 0 saturated heterocycles. The van der Waals surface area contributed by atoms with Crippen molar-refractivity contribution < 1.29 is 9.53 Å². The van der Waals surface area contributed by atoms with Crippen molar-refractivity contribution >= 4 is 17.3 Å². The van der Waals surface area contributed by atoms with Gasteiger partial charge in [0, 0.05) is 9.75 Å².